The third-order valence-corrected chi connectivity index (χ3v) is 6.69. The standard InChI is InChI=1S/C24H31ClN4O4S/c1-15(2)33-24(32)26-11-8-19(28-23(31)20-6-7-21(25)34-20)22(30)27-18-5-4-16-9-12-29(3)13-10-17(16)14-18/h4-7,14-15,19H,8-13H2,1-3H3,(H,26,32)(H,27,30)(H,28,31)/t19-/m1/s1. The Hall–Kier alpha value is -2.62. The van der Waals surface area contributed by atoms with Gasteiger partial charge in [0.15, 0.2) is 0 Å². The summed E-state index contributed by atoms with van der Waals surface area (Å²) in [6.45, 7) is 5.63. The number of likely N-dealkylation sites (N-methyl/N-ethyl adjacent to an activating group) is 1. The lowest BCUT2D eigenvalue weighted by Crippen LogP contribution is -2.45. The van der Waals surface area contributed by atoms with E-state index in [1.54, 1.807) is 26.0 Å². The van der Waals surface area contributed by atoms with Crippen LogP contribution >= 0.6 is 22.9 Å². The van der Waals surface area contributed by atoms with Crippen molar-refractivity contribution < 1.29 is 19.1 Å². The zero-order valence-corrected chi connectivity index (χ0v) is 21.2. The van der Waals surface area contributed by atoms with Gasteiger partial charge in [0.1, 0.15) is 6.04 Å². The van der Waals surface area contributed by atoms with Gasteiger partial charge in [0.05, 0.1) is 15.3 Å². The van der Waals surface area contributed by atoms with Gasteiger partial charge in [-0.1, -0.05) is 17.7 Å². The molecule has 0 saturated carbocycles. The van der Waals surface area contributed by atoms with Gasteiger partial charge >= 0.3 is 6.09 Å². The summed E-state index contributed by atoms with van der Waals surface area (Å²) in [6.07, 6.45) is 1.26. The van der Waals surface area contributed by atoms with Crippen molar-refractivity contribution in [3.05, 3.63) is 50.7 Å². The molecule has 1 aromatic heterocycles. The van der Waals surface area contributed by atoms with Gasteiger partial charge in [-0.25, -0.2) is 4.79 Å². The van der Waals surface area contributed by atoms with E-state index in [4.69, 9.17) is 16.3 Å². The molecule has 3 rings (SSSR count). The second kappa shape index (κ2) is 12.2. The molecule has 2 heterocycles. The molecule has 0 aliphatic carbocycles. The van der Waals surface area contributed by atoms with E-state index in [1.165, 1.54) is 11.1 Å². The molecule has 0 saturated heterocycles. The number of fused-ring (bicyclic) bond motifs is 1. The van der Waals surface area contributed by atoms with Crippen LogP contribution in [0.2, 0.25) is 4.34 Å². The van der Waals surface area contributed by atoms with Crippen LogP contribution in [-0.2, 0) is 22.4 Å². The smallest absolute Gasteiger partial charge is 0.407 e. The van der Waals surface area contributed by atoms with Crippen LogP contribution in [0.15, 0.2) is 30.3 Å². The van der Waals surface area contributed by atoms with E-state index in [1.807, 2.05) is 12.1 Å². The van der Waals surface area contributed by atoms with Crippen LogP contribution in [0.3, 0.4) is 0 Å². The summed E-state index contributed by atoms with van der Waals surface area (Å²) in [7, 11) is 2.10. The molecule has 1 aliphatic rings. The normalized spacial score (nSPS) is 14.6. The second-order valence-corrected chi connectivity index (χ2v) is 10.3. The first-order valence-corrected chi connectivity index (χ1v) is 12.5. The fourth-order valence-corrected chi connectivity index (χ4v) is 4.60. The Morgan fingerprint density at radius 2 is 1.85 bits per heavy atom. The molecule has 3 N–H and O–H groups in total. The molecule has 10 heteroatoms. The Morgan fingerprint density at radius 1 is 1.12 bits per heavy atom. The van der Waals surface area contributed by atoms with E-state index in [2.05, 4.69) is 34.0 Å². The molecular formula is C24H31ClN4O4S. The molecule has 0 radical (unpaired) electrons. The molecule has 0 bridgehead atoms. The van der Waals surface area contributed by atoms with E-state index in [0.717, 1.165) is 37.3 Å². The Balaban J connectivity index is 1.67. The first-order chi connectivity index (χ1) is 16.2. The molecule has 1 atom stereocenters. The molecule has 34 heavy (non-hydrogen) atoms. The monoisotopic (exact) mass is 506 g/mol. The average Bonchev–Trinajstić information content (AvgIpc) is 3.13. The first kappa shape index (κ1) is 26.0. The number of amides is 3. The maximum Gasteiger partial charge on any atom is 0.407 e. The van der Waals surface area contributed by atoms with Crippen LogP contribution in [0.25, 0.3) is 0 Å². The maximum absolute atomic E-state index is 13.1. The summed E-state index contributed by atoms with van der Waals surface area (Å²) in [4.78, 5) is 40.3. The molecule has 3 amide bonds. The average molecular weight is 507 g/mol. The van der Waals surface area contributed by atoms with E-state index >= 15 is 0 Å². The van der Waals surface area contributed by atoms with Crippen molar-refractivity contribution in [3.63, 3.8) is 0 Å². The van der Waals surface area contributed by atoms with Gasteiger partial charge in [0.2, 0.25) is 5.91 Å². The lowest BCUT2D eigenvalue weighted by Gasteiger charge is -2.19. The van der Waals surface area contributed by atoms with E-state index in [9.17, 15) is 14.4 Å². The van der Waals surface area contributed by atoms with Gasteiger partial charge < -0.3 is 25.6 Å². The van der Waals surface area contributed by atoms with E-state index < -0.39 is 18.0 Å². The molecule has 1 aromatic carbocycles. The number of hydrogen-bond donors (Lipinski definition) is 3. The van der Waals surface area contributed by atoms with Crippen LogP contribution in [0.4, 0.5) is 10.5 Å². The third kappa shape index (κ3) is 7.72. The molecule has 2 aromatic rings. The molecule has 0 fully saturated rings. The van der Waals surface area contributed by atoms with Crippen LogP contribution < -0.4 is 16.0 Å². The molecule has 184 valence electrons. The Morgan fingerprint density at radius 3 is 2.53 bits per heavy atom. The SMILES string of the molecule is CC(C)OC(=O)NCC[C@@H](NC(=O)c1ccc(Cl)s1)C(=O)Nc1ccc2c(c1)CCN(C)CC2. The molecule has 8 nitrogen and oxygen atoms in total. The zero-order valence-electron chi connectivity index (χ0n) is 19.7. The summed E-state index contributed by atoms with van der Waals surface area (Å²) in [5, 5.41) is 8.30. The van der Waals surface area contributed by atoms with Crippen LogP contribution in [0, 0.1) is 0 Å². The lowest BCUT2D eigenvalue weighted by atomic mass is 10.0. The fourth-order valence-electron chi connectivity index (χ4n) is 3.65. The van der Waals surface area contributed by atoms with Crippen LogP contribution in [0.5, 0.6) is 0 Å². The fraction of sp³-hybridized carbons (Fsp3) is 0.458. The number of carbonyl (C=O) groups is 3. The quantitative estimate of drug-likeness (QED) is 0.507. The summed E-state index contributed by atoms with van der Waals surface area (Å²) in [5.74, 6) is -0.757. The third-order valence-electron chi connectivity index (χ3n) is 5.46. The predicted octanol–water partition coefficient (Wildman–Crippen LogP) is 3.69. The largest absolute Gasteiger partial charge is 0.447 e. The van der Waals surface area contributed by atoms with Crippen molar-refractivity contribution in [1.29, 1.82) is 0 Å². The van der Waals surface area contributed by atoms with Gasteiger partial charge in [0, 0.05) is 25.3 Å². The number of carbonyl (C=O) groups excluding carboxylic acids is 3. The topological polar surface area (TPSA) is 99.8 Å². The summed E-state index contributed by atoms with van der Waals surface area (Å²) < 4.78 is 5.54. The predicted molar refractivity (Wildman–Crippen MR) is 135 cm³/mol. The second-order valence-electron chi connectivity index (χ2n) is 8.58. The minimum atomic E-state index is -0.863. The number of ether oxygens (including phenoxy) is 1. The minimum absolute atomic E-state index is 0.158. The number of rotatable bonds is 8. The number of nitrogens with one attached hydrogen (secondary N) is 3. The molecular weight excluding hydrogens is 476 g/mol. The van der Waals surface area contributed by atoms with E-state index in [0.29, 0.717) is 14.9 Å². The minimum Gasteiger partial charge on any atom is -0.447 e. The highest BCUT2D eigenvalue weighted by atomic mass is 35.5. The van der Waals surface area contributed by atoms with Gasteiger partial charge in [-0.2, -0.15) is 0 Å². The van der Waals surface area contributed by atoms with Crippen molar-refractivity contribution in [2.45, 2.75) is 45.3 Å². The van der Waals surface area contributed by atoms with Crippen molar-refractivity contribution in [2.75, 3.05) is 32.0 Å². The number of hydrogen-bond acceptors (Lipinski definition) is 6. The lowest BCUT2D eigenvalue weighted by molar-refractivity contribution is -0.118. The van der Waals surface area contributed by atoms with Gasteiger partial charge in [-0.05, 0) is 75.5 Å². The number of benzene rings is 1. The highest BCUT2D eigenvalue weighted by Crippen LogP contribution is 2.22. The Bertz CT molecular complexity index is 1030. The summed E-state index contributed by atoms with van der Waals surface area (Å²) in [6, 6.07) is 8.32. The molecule has 0 spiro atoms. The van der Waals surface area contributed by atoms with Crippen molar-refractivity contribution in [2.24, 2.45) is 0 Å². The van der Waals surface area contributed by atoms with Crippen molar-refractivity contribution in [3.8, 4) is 0 Å². The zero-order chi connectivity index (χ0) is 24.7. The highest BCUT2D eigenvalue weighted by molar-refractivity contribution is 7.18. The molecule has 1 aliphatic heterocycles. The van der Waals surface area contributed by atoms with Gasteiger partial charge in [0.25, 0.3) is 5.91 Å². The van der Waals surface area contributed by atoms with Crippen LogP contribution in [-0.4, -0.2) is 61.6 Å². The van der Waals surface area contributed by atoms with Gasteiger partial charge in [-0.3, -0.25) is 9.59 Å². The van der Waals surface area contributed by atoms with Crippen molar-refractivity contribution in [1.82, 2.24) is 15.5 Å². The summed E-state index contributed by atoms with van der Waals surface area (Å²) in [5.41, 5.74) is 3.18. The number of thiophene rings is 1. The Kier molecular flexibility index (Phi) is 9.32. The van der Waals surface area contributed by atoms with Gasteiger partial charge in [-0.15, -0.1) is 11.3 Å². The number of anilines is 1. The first-order valence-electron chi connectivity index (χ1n) is 11.3. The highest BCUT2D eigenvalue weighted by Gasteiger charge is 2.23. The number of nitrogens with zero attached hydrogens (tertiary/aromatic N) is 1. The number of halogens is 1. The van der Waals surface area contributed by atoms with Crippen LogP contribution in [0.1, 0.15) is 41.1 Å². The van der Waals surface area contributed by atoms with Crippen molar-refractivity contribution >= 4 is 46.5 Å². The van der Waals surface area contributed by atoms with E-state index in [-0.39, 0.29) is 25.0 Å². The Labute approximate surface area is 209 Å². The molecule has 0 unspecified atom stereocenters. The number of alkyl carbamates (subject to hydrolysis) is 1. The maximum atomic E-state index is 13.1. The summed E-state index contributed by atoms with van der Waals surface area (Å²) >= 11 is 7.08.